The van der Waals surface area contributed by atoms with Gasteiger partial charge in [-0.25, -0.2) is 0 Å². The number of benzene rings is 1. The summed E-state index contributed by atoms with van der Waals surface area (Å²) in [6.45, 7) is 1.97. The van der Waals surface area contributed by atoms with Gasteiger partial charge in [0.05, 0.1) is 18.5 Å². The molecule has 6 nitrogen and oxygen atoms in total. The van der Waals surface area contributed by atoms with Crippen LogP contribution >= 0.6 is 0 Å². The molecule has 0 aliphatic heterocycles. The second-order valence-electron chi connectivity index (χ2n) is 3.48. The predicted molar refractivity (Wildman–Crippen MR) is 63.0 cm³/mol. The van der Waals surface area contributed by atoms with Crippen molar-refractivity contribution in [3.63, 3.8) is 0 Å². The lowest BCUT2D eigenvalue weighted by Gasteiger charge is -2.07. The third-order valence-electron chi connectivity index (χ3n) is 2.29. The van der Waals surface area contributed by atoms with E-state index in [0.717, 1.165) is 0 Å². The van der Waals surface area contributed by atoms with Gasteiger partial charge in [0.15, 0.2) is 0 Å². The minimum Gasteiger partial charge on any atom is -0.469 e. The molecule has 1 aromatic carbocycles. The van der Waals surface area contributed by atoms with Crippen LogP contribution in [0.5, 0.6) is 0 Å². The SMILES string of the molecule is COC(=O)CCNc1cccc(C)c1[N+](=O)[O-]. The predicted octanol–water partition coefficient (Wildman–Crippen LogP) is 1.88. The van der Waals surface area contributed by atoms with Gasteiger partial charge in [-0.05, 0) is 13.0 Å². The quantitative estimate of drug-likeness (QED) is 0.481. The molecule has 0 bridgehead atoms. The number of nitrogens with one attached hydrogen (secondary N) is 1. The third kappa shape index (κ3) is 3.44. The molecule has 0 atom stereocenters. The average molecular weight is 238 g/mol. The number of hydrogen-bond donors (Lipinski definition) is 1. The molecule has 0 radical (unpaired) electrons. The lowest BCUT2D eigenvalue weighted by atomic mass is 10.1. The summed E-state index contributed by atoms with van der Waals surface area (Å²) < 4.78 is 4.48. The number of carbonyl (C=O) groups is 1. The molecule has 0 saturated carbocycles. The first-order valence-corrected chi connectivity index (χ1v) is 5.11. The van der Waals surface area contributed by atoms with Crippen LogP contribution in [-0.2, 0) is 9.53 Å². The minimum atomic E-state index is -0.435. The number of nitrogens with zero attached hydrogens (tertiary/aromatic N) is 1. The summed E-state index contributed by atoms with van der Waals surface area (Å²) in [4.78, 5) is 21.3. The molecule has 17 heavy (non-hydrogen) atoms. The summed E-state index contributed by atoms with van der Waals surface area (Å²) >= 11 is 0. The number of hydrogen-bond acceptors (Lipinski definition) is 5. The second-order valence-corrected chi connectivity index (χ2v) is 3.48. The van der Waals surface area contributed by atoms with E-state index in [9.17, 15) is 14.9 Å². The molecule has 0 aromatic heterocycles. The molecule has 92 valence electrons. The molecule has 0 saturated heterocycles. The van der Waals surface area contributed by atoms with E-state index < -0.39 is 4.92 Å². The molecule has 0 aliphatic carbocycles. The van der Waals surface area contributed by atoms with Crippen molar-refractivity contribution < 1.29 is 14.5 Å². The highest BCUT2D eigenvalue weighted by Gasteiger charge is 2.16. The number of methoxy groups -OCH3 is 1. The highest BCUT2D eigenvalue weighted by molar-refractivity contribution is 5.71. The van der Waals surface area contributed by atoms with Gasteiger partial charge in [-0.15, -0.1) is 0 Å². The standard InChI is InChI=1S/C11H14N2O4/c1-8-4-3-5-9(11(8)13(15)16)12-7-6-10(14)17-2/h3-5,12H,6-7H2,1-2H3. The summed E-state index contributed by atoms with van der Waals surface area (Å²) in [6.07, 6.45) is 0.168. The Balaban J connectivity index is 2.74. The van der Waals surface area contributed by atoms with Crippen LogP contribution in [0.4, 0.5) is 11.4 Å². The van der Waals surface area contributed by atoms with Gasteiger partial charge in [0, 0.05) is 12.1 Å². The van der Waals surface area contributed by atoms with E-state index in [4.69, 9.17) is 0 Å². The Morgan fingerprint density at radius 2 is 2.24 bits per heavy atom. The lowest BCUT2D eigenvalue weighted by Crippen LogP contribution is -2.11. The van der Waals surface area contributed by atoms with Crippen molar-refractivity contribution in [1.29, 1.82) is 0 Å². The van der Waals surface area contributed by atoms with Crippen molar-refractivity contribution >= 4 is 17.3 Å². The fourth-order valence-electron chi connectivity index (χ4n) is 1.45. The monoisotopic (exact) mass is 238 g/mol. The van der Waals surface area contributed by atoms with Gasteiger partial charge in [-0.2, -0.15) is 0 Å². The summed E-state index contributed by atoms with van der Waals surface area (Å²) in [7, 11) is 1.30. The van der Waals surface area contributed by atoms with E-state index in [1.807, 2.05) is 0 Å². The van der Waals surface area contributed by atoms with E-state index in [1.165, 1.54) is 7.11 Å². The lowest BCUT2D eigenvalue weighted by molar-refractivity contribution is -0.384. The maximum absolute atomic E-state index is 10.9. The van der Waals surface area contributed by atoms with Crippen LogP contribution in [-0.4, -0.2) is 24.5 Å². The van der Waals surface area contributed by atoms with Crippen LogP contribution in [0.2, 0.25) is 0 Å². The zero-order valence-corrected chi connectivity index (χ0v) is 9.73. The number of nitro benzene ring substituents is 1. The van der Waals surface area contributed by atoms with Crippen LogP contribution in [0.1, 0.15) is 12.0 Å². The summed E-state index contributed by atoms with van der Waals surface area (Å²) in [6, 6.07) is 5.01. The highest BCUT2D eigenvalue weighted by Crippen LogP contribution is 2.27. The summed E-state index contributed by atoms with van der Waals surface area (Å²) in [5, 5.41) is 13.7. The van der Waals surface area contributed by atoms with E-state index in [2.05, 4.69) is 10.1 Å². The van der Waals surface area contributed by atoms with Gasteiger partial charge in [0.1, 0.15) is 5.69 Å². The zero-order valence-electron chi connectivity index (χ0n) is 9.73. The van der Waals surface area contributed by atoms with Crippen LogP contribution in [0.15, 0.2) is 18.2 Å². The van der Waals surface area contributed by atoms with Crippen molar-refractivity contribution in [1.82, 2.24) is 0 Å². The Morgan fingerprint density at radius 3 is 2.82 bits per heavy atom. The molecule has 1 rings (SSSR count). The maximum Gasteiger partial charge on any atom is 0.307 e. The first-order valence-electron chi connectivity index (χ1n) is 5.11. The molecule has 0 aliphatic rings. The molecule has 1 N–H and O–H groups in total. The third-order valence-corrected chi connectivity index (χ3v) is 2.29. The van der Waals surface area contributed by atoms with Gasteiger partial charge in [0.2, 0.25) is 0 Å². The number of anilines is 1. The Kier molecular flexibility index (Phi) is 4.45. The molecular formula is C11H14N2O4. The van der Waals surface area contributed by atoms with Crippen molar-refractivity contribution in [2.45, 2.75) is 13.3 Å². The zero-order chi connectivity index (χ0) is 12.8. The van der Waals surface area contributed by atoms with Crippen molar-refractivity contribution in [3.05, 3.63) is 33.9 Å². The molecule has 0 heterocycles. The van der Waals surface area contributed by atoms with Crippen LogP contribution < -0.4 is 5.32 Å². The van der Waals surface area contributed by atoms with E-state index in [-0.39, 0.29) is 18.1 Å². The largest absolute Gasteiger partial charge is 0.469 e. The molecule has 1 aromatic rings. The van der Waals surface area contributed by atoms with Crippen molar-refractivity contribution in [2.24, 2.45) is 0 Å². The van der Waals surface area contributed by atoms with Crippen molar-refractivity contribution in [2.75, 3.05) is 19.0 Å². The highest BCUT2D eigenvalue weighted by atomic mass is 16.6. The van der Waals surface area contributed by atoms with Gasteiger partial charge >= 0.3 is 5.97 Å². The minimum absolute atomic E-state index is 0.0392. The number of aryl methyl sites for hydroxylation is 1. The molecule has 0 unspecified atom stereocenters. The van der Waals surface area contributed by atoms with Crippen LogP contribution in [0, 0.1) is 17.0 Å². The Morgan fingerprint density at radius 1 is 1.53 bits per heavy atom. The van der Waals surface area contributed by atoms with E-state index in [0.29, 0.717) is 17.8 Å². The number of nitro groups is 1. The smallest absolute Gasteiger partial charge is 0.307 e. The van der Waals surface area contributed by atoms with Crippen LogP contribution in [0.3, 0.4) is 0 Å². The van der Waals surface area contributed by atoms with Gasteiger partial charge in [-0.1, -0.05) is 12.1 Å². The van der Waals surface area contributed by atoms with Crippen molar-refractivity contribution in [3.8, 4) is 0 Å². The maximum atomic E-state index is 10.9. The fraction of sp³-hybridized carbons (Fsp3) is 0.364. The molecule has 6 heteroatoms. The van der Waals surface area contributed by atoms with Gasteiger partial charge < -0.3 is 10.1 Å². The Bertz CT molecular complexity index is 431. The second kappa shape index (κ2) is 5.83. The van der Waals surface area contributed by atoms with Gasteiger partial charge in [-0.3, -0.25) is 14.9 Å². The number of ether oxygens (including phenoxy) is 1. The average Bonchev–Trinajstić information content (AvgIpc) is 2.28. The first-order chi connectivity index (χ1) is 8.06. The van der Waals surface area contributed by atoms with Crippen LogP contribution in [0.25, 0.3) is 0 Å². The molecule has 0 amide bonds. The fourth-order valence-corrected chi connectivity index (χ4v) is 1.45. The number of para-hydroxylation sites is 1. The molecule has 0 fully saturated rings. The first kappa shape index (κ1) is 13.0. The number of esters is 1. The number of carbonyl (C=O) groups excluding carboxylic acids is 1. The molecular weight excluding hydrogens is 224 g/mol. The van der Waals surface area contributed by atoms with E-state index >= 15 is 0 Å². The topological polar surface area (TPSA) is 81.5 Å². The Hall–Kier alpha value is -2.11. The molecule has 0 spiro atoms. The number of rotatable bonds is 5. The summed E-state index contributed by atoms with van der Waals surface area (Å²) in [5.74, 6) is -0.354. The summed E-state index contributed by atoms with van der Waals surface area (Å²) in [5.41, 5.74) is 1.04. The van der Waals surface area contributed by atoms with E-state index in [1.54, 1.807) is 25.1 Å². The van der Waals surface area contributed by atoms with Gasteiger partial charge in [0.25, 0.3) is 5.69 Å². The Labute approximate surface area is 98.7 Å². The normalized spacial score (nSPS) is 9.76.